The monoisotopic (exact) mass is 381 g/mol. The fourth-order valence-electron chi connectivity index (χ4n) is 4.04. The number of anilines is 1. The van der Waals surface area contributed by atoms with E-state index < -0.39 is 0 Å². The third-order valence-corrected chi connectivity index (χ3v) is 6.19. The molecule has 2 aliphatic heterocycles. The zero-order valence-electron chi connectivity index (χ0n) is 15.3. The minimum Gasteiger partial charge on any atom is -0.369 e. The van der Waals surface area contributed by atoms with Gasteiger partial charge < -0.3 is 10.2 Å². The lowest BCUT2D eigenvalue weighted by atomic mass is 9.94. The highest BCUT2D eigenvalue weighted by Gasteiger charge is 2.30. The normalized spacial score (nSPS) is 25.3. The second kappa shape index (κ2) is 7.75. The molecule has 2 N–H and O–H groups in total. The van der Waals surface area contributed by atoms with E-state index in [9.17, 15) is 10.1 Å². The molecule has 2 fully saturated rings. The van der Waals surface area contributed by atoms with Crippen LogP contribution in [0.4, 0.5) is 5.69 Å². The number of rotatable bonds is 3. The van der Waals surface area contributed by atoms with Crippen LogP contribution in [0.2, 0.25) is 0 Å². The van der Waals surface area contributed by atoms with Gasteiger partial charge in [-0.3, -0.25) is 15.1 Å². The van der Waals surface area contributed by atoms with Crippen molar-refractivity contribution in [3.63, 3.8) is 0 Å². The number of fused-ring (bicyclic) bond motifs is 1. The van der Waals surface area contributed by atoms with Gasteiger partial charge in [-0.25, -0.2) is 0 Å². The Hall–Kier alpha value is -2.30. The van der Waals surface area contributed by atoms with Crippen LogP contribution < -0.4 is 15.5 Å². The van der Waals surface area contributed by atoms with E-state index in [-0.39, 0.29) is 18.0 Å². The molecular formula is C20H23N5OS. The van der Waals surface area contributed by atoms with Crippen molar-refractivity contribution in [3.05, 3.63) is 36.0 Å². The topological polar surface area (TPSA) is 81.0 Å². The summed E-state index contributed by atoms with van der Waals surface area (Å²) < 4.78 is 0. The summed E-state index contributed by atoms with van der Waals surface area (Å²) in [4.78, 5) is 19.2. The lowest BCUT2D eigenvalue weighted by molar-refractivity contribution is -0.123. The number of benzene rings is 1. The molecule has 2 aliphatic rings. The van der Waals surface area contributed by atoms with Crippen LogP contribution in [-0.2, 0) is 4.79 Å². The van der Waals surface area contributed by atoms with E-state index in [2.05, 4.69) is 33.5 Å². The quantitative estimate of drug-likeness (QED) is 0.847. The third-order valence-electron chi connectivity index (χ3n) is 5.25. The predicted molar refractivity (Wildman–Crippen MR) is 109 cm³/mol. The van der Waals surface area contributed by atoms with Gasteiger partial charge in [-0.2, -0.15) is 5.26 Å². The maximum Gasteiger partial charge on any atom is 0.238 e. The molecule has 0 bridgehead atoms. The van der Waals surface area contributed by atoms with E-state index in [1.807, 2.05) is 24.3 Å². The van der Waals surface area contributed by atoms with Gasteiger partial charge in [0, 0.05) is 48.0 Å². The largest absolute Gasteiger partial charge is 0.369 e. The van der Waals surface area contributed by atoms with Crippen molar-refractivity contribution in [1.82, 2.24) is 15.6 Å². The lowest BCUT2D eigenvalue weighted by Crippen LogP contribution is -2.54. The van der Waals surface area contributed by atoms with E-state index >= 15 is 0 Å². The molecule has 0 spiro atoms. The number of carbonyl (C=O) groups excluding carboxylic acids is 1. The number of nitriles is 1. The Morgan fingerprint density at radius 1 is 1.41 bits per heavy atom. The van der Waals surface area contributed by atoms with Crippen molar-refractivity contribution < 1.29 is 4.79 Å². The summed E-state index contributed by atoms with van der Waals surface area (Å²) in [5, 5.41) is 16.8. The fourth-order valence-corrected chi connectivity index (χ4v) is 4.98. The number of nitrogens with one attached hydrogen (secondary N) is 2. The Balaban J connectivity index is 1.57. The lowest BCUT2D eigenvalue weighted by Gasteiger charge is -2.39. The SMILES string of the molecule is C[C@H]1C[C@@H](NC(=O)C2CSCN2)CN(c2ccc(C#N)c3ncccc23)C1. The summed E-state index contributed by atoms with van der Waals surface area (Å²) >= 11 is 1.76. The van der Waals surface area contributed by atoms with Gasteiger partial charge in [0.05, 0.1) is 17.1 Å². The average Bonchev–Trinajstić information content (AvgIpc) is 3.21. The summed E-state index contributed by atoms with van der Waals surface area (Å²) in [6, 6.07) is 10.0. The maximum absolute atomic E-state index is 12.5. The first kappa shape index (κ1) is 18.1. The van der Waals surface area contributed by atoms with Crippen LogP contribution in [-0.4, -0.2) is 47.7 Å². The van der Waals surface area contributed by atoms with Gasteiger partial charge in [-0.05, 0) is 36.6 Å². The Morgan fingerprint density at radius 2 is 2.30 bits per heavy atom. The highest BCUT2D eigenvalue weighted by molar-refractivity contribution is 7.99. The number of thioether (sulfide) groups is 1. The van der Waals surface area contributed by atoms with Gasteiger partial charge in [0.1, 0.15) is 6.07 Å². The molecule has 6 nitrogen and oxygen atoms in total. The van der Waals surface area contributed by atoms with Crippen LogP contribution in [0.1, 0.15) is 18.9 Å². The molecule has 0 radical (unpaired) electrons. The molecule has 1 aromatic carbocycles. The van der Waals surface area contributed by atoms with Gasteiger partial charge in [0.2, 0.25) is 5.91 Å². The molecule has 2 aromatic rings. The first-order chi connectivity index (χ1) is 13.2. The molecule has 0 saturated carbocycles. The number of aromatic nitrogens is 1. The van der Waals surface area contributed by atoms with Crippen LogP contribution in [0.5, 0.6) is 0 Å². The Bertz CT molecular complexity index is 890. The summed E-state index contributed by atoms with van der Waals surface area (Å²) in [5.74, 6) is 2.25. The summed E-state index contributed by atoms with van der Waals surface area (Å²) in [5.41, 5.74) is 2.41. The average molecular weight is 382 g/mol. The molecule has 27 heavy (non-hydrogen) atoms. The first-order valence-electron chi connectivity index (χ1n) is 9.30. The molecule has 3 heterocycles. The predicted octanol–water partition coefficient (Wildman–Crippen LogP) is 2.10. The van der Waals surface area contributed by atoms with Crippen LogP contribution in [0.25, 0.3) is 10.9 Å². The number of piperidine rings is 1. The van der Waals surface area contributed by atoms with Crippen LogP contribution >= 0.6 is 11.8 Å². The van der Waals surface area contributed by atoms with Crippen LogP contribution in [0, 0.1) is 17.2 Å². The van der Waals surface area contributed by atoms with Crippen molar-refractivity contribution in [2.24, 2.45) is 5.92 Å². The standard InChI is InChI=1S/C20H23N5OS/c1-13-7-15(24-20(26)17-11-27-12-23-17)10-25(9-13)18-5-4-14(8-21)19-16(18)3-2-6-22-19/h2-6,13,15,17,23H,7,9-12H2,1H3,(H,24,26)/t13-,15+,17?/m0/s1. The Labute approximate surface area is 163 Å². The number of pyridine rings is 1. The number of carbonyl (C=O) groups is 1. The molecule has 140 valence electrons. The number of amides is 1. The van der Waals surface area contributed by atoms with E-state index in [1.54, 1.807) is 18.0 Å². The van der Waals surface area contributed by atoms with Crippen molar-refractivity contribution in [3.8, 4) is 6.07 Å². The Kier molecular flexibility index (Phi) is 5.19. The molecule has 2 saturated heterocycles. The fraction of sp³-hybridized carbons (Fsp3) is 0.450. The number of nitrogens with zero attached hydrogens (tertiary/aromatic N) is 3. The van der Waals surface area contributed by atoms with Gasteiger partial charge in [0.25, 0.3) is 0 Å². The van der Waals surface area contributed by atoms with Crippen LogP contribution in [0.15, 0.2) is 30.5 Å². The highest BCUT2D eigenvalue weighted by Crippen LogP contribution is 2.31. The van der Waals surface area contributed by atoms with Gasteiger partial charge in [0.15, 0.2) is 0 Å². The van der Waals surface area contributed by atoms with E-state index in [1.165, 1.54) is 0 Å². The molecule has 0 aliphatic carbocycles. The minimum absolute atomic E-state index is 0.0828. The zero-order chi connectivity index (χ0) is 18.8. The number of hydrogen-bond donors (Lipinski definition) is 2. The summed E-state index contributed by atoms with van der Waals surface area (Å²) in [6.45, 7) is 3.92. The second-order valence-electron chi connectivity index (χ2n) is 7.37. The van der Waals surface area contributed by atoms with Crippen molar-refractivity contribution in [2.75, 3.05) is 29.6 Å². The molecule has 7 heteroatoms. The minimum atomic E-state index is -0.0828. The van der Waals surface area contributed by atoms with Gasteiger partial charge >= 0.3 is 0 Å². The molecule has 3 atom stereocenters. The molecule has 1 aromatic heterocycles. The smallest absolute Gasteiger partial charge is 0.238 e. The second-order valence-corrected chi connectivity index (χ2v) is 8.40. The maximum atomic E-state index is 12.5. The number of hydrogen-bond acceptors (Lipinski definition) is 6. The van der Waals surface area contributed by atoms with E-state index in [4.69, 9.17) is 0 Å². The Morgan fingerprint density at radius 3 is 3.07 bits per heavy atom. The third kappa shape index (κ3) is 3.73. The van der Waals surface area contributed by atoms with Crippen molar-refractivity contribution in [1.29, 1.82) is 5.26 Å². The van der Waals surface area contributed by atoms with E-state index in [0.717, 1.165) is 47.7 Å². The first-order valence-corrected chi connectivity index (χ1v) is 10.5. The molecule has 1 amide bonds. The van der Waals surface area contributed by atoms with Crippen LogP contribution in [0.3, 0.4) is 0 Å². The highest BCUT2D eigenvalue weighted by atomic mass is 32.2. The molecular weight excluding hydrogens is 358 g/mol. The van der Waals surface area contributed by atoms with Gasteiger partial charge in [-0.15, -0.1) is 11.8 Å². The summed E-state index contributed by atoms with van der Waals surface area (Å²) in [7, 11) is 0. The molecule has 4 rings (SSSR count). The van der Waals surface area contributed by atoms with E-state index in [0.29, 0.717) is 11.5 Å². The molecule has 1 unspecified atom stereocenters. The van der Waals surface area contributed by atoms with Crippen molar-refractivity contribution >= 4 is 34.3 Å². The summed E-state index contributed by atoms with van der Waals surface area (Å²) in [6.07, 6.45) is 2.70. The zero-order valence-corrected chi connectivity index (χ0v) is 16.1. The van der Waals surface area contributed by atoms with Crippen molar-refractivity contribution in [2.45, 2.75) is 25.4 Å². The van der Waals surface area contributed by atoms with Gasteiger partial charge in [-0.1, -0.05) is 6.92 Å².